The van der Waals surface area contributed by atoms with Crippen molar-refractivity contribution in [3.05, 3.63) is 29.6 Å². The summed E-state index contributed by atoms with van der Waals surface area (Å²) in [6, 6.07) is 3.68. The number of rotatable bonds is 1. The molecule has 58 valence electrons. The van der Waals surface area contributed by atoms with Crippen LogP contribution in [0.1, 0.15) is 11.3 Å². The van der Waals surface area contributed by atoms with Crippen molar-refractivity contribution in [3.63, 3.8) is 0 Å². The van der Waals surface area contributed by atoms with Gasteiger partial charge < -0.3 is 11.6 Å². The Morgan fingerprint density at radius 3 is 2.73 bits per heavy atom. The first-order chi connectivity index (χ1) is 5.24. The molecule has 1 aromatic rings. The monoisotopic (exact) mass is 150 g/mol. The Balaban J connectivity index is 2.99. The van der Waals surface area contributed by atoms with Crippen molar-refractivity contribution in [1.82, 2.24) is 4.98 Å². The Morgan fingerprint density at radius 2 is 2.27 bits per heavy atom. The lowest BCUT2D eigenvalue weighted by Crippen LogP contribution is -2.16. The number of hydrogen-bond donors (Lipinski definition) is 2. The van der Waals surface area contributed by atoms with Crippen LogP contribution < -0.4 is 11.6 Å². The highest BCUT2D eigenvalue weighted by Gasteiger charge is 1.96. The average molecular weight is 150 g/mol. The van der Waals surface area contributed by atoms with Crippen LogP contribution in [0.15, 0.2) is 23.4 Å². The summed E-state index contributed by atoms with van der Waals surface area (Å²) in [5.74, 6) is 5.22. The Labute approximate surface area is 64.9 Å². The van der Waals surface area contributed by atoms with Gasteiger partial charge in [-0.05, 0) is 18.6 Å². The van der Waals surface area contributed by atoms with Gasteiger partial charge in [0, 0.05) is 6.20 Å². The molecular weight excluding hydrogens is 140 g/mol. The third-order valence-corrected chi connectivity index (χ3v) is 1.31. The summed E-state index contributed by atoms with van der Waals surface area (Å²) in [6.45, 7) is 1.95. The fraction of sp³-hybridized carbons (Fsp3) is 0.143. The molecule has 0 radical (unpaired) electrons. The van der Waals surface area contributed by atoms with Crippen molar-refractivity contribution in [2.45, 2.75) is 6.92 Å². The molecule has 0 aliphatic carbocycles. The van der Waals surface area contributed by atoms with E-state index in [1.807, 2.05) is 13.0 Å². The molecule has 0 bridgehead atoms. The molecule has 0 aromatic carbocycles. The molecule has 4 heteroatoms. The molecule has 0 spiro atoms. The van der Waals surface area contributed by atoms with E-state index in [0.29, 0.717) is 5.69 Å². The van der Waals surface area contributed by atoms with E-state index in [1.54, 1.807) is 12.3 Å². The van der Waals surface area contributed by atoms with Crippen molar-refractivity contribution in [3.8, 4) is 0 Å². The van der Waals surface area contributed by atoms with Crippen molar-refractivity contribution in [2.75, 3.05) is 0 Å². The Hall–Kier alpha value is -1.58. The van der Waals surface area contributed by atoms with Crippen molar-refractivity contribution < 1.29 is 0 Å². The summed E-state index contributed by atoms with van der Waals surface area (Å²) in [7, 11) is 0. The van der Waals surface area contributed by atoms with Crippen LogP contribution in [0.2, 0.25) is 0 Å². The van der Waals surface area contributed by atoms with E-state index in [4.69, 9.17) is 11.6 Å². The number of nitrogens with zero attached hydrogens (tertiary/aromatic N) is 2. The highest BCUT2D eigenvalue weighted by atomic mass is 15.2. The fourth-order valence-electron chi connectivity index (χ4n) is 0.685. The summed E-state index contributed by atoms with van der Waals surface area (Å²) in [6.07, 6.45) is 1.72. The zero-order valence-corrected chi connectivity index (χ0v) is 6.28. The number of pyridine rings is 1. The van der Waals surface area contributed by atoms with E-state index in [2.05, 4.69) is 10.1 Å². The first-order valence-corrected chi connectivity index (χ1v) is 3.20. The second kappa shape index (κ2) is 3.01. The first kappa shape index (κ1) is 7.53. The smallest absolute Gasteiger partial charge is 0.168 e. The number of nitrogens with two attached hydrogens (primary N) is 2. The third kappa shape index (κ3) is 1.67. The van der Waals surface area contributed by atoms with Crippen LogP contribution in [-0.4, -0.2) is 10.8 Å². The quantitative estimate of drug-likeness (QED) is 0.255. The van der Waals surface area contributed by atoms with Crippen molar-refractivity contribution in [1.29, 1.82) is 0 Å². The highest BCUT2D eigenvalue weighted by Crippen LogP contribution is 1.96. The van der Waals surface area contributed by atoms with Crippen LogP contribution in [-0.2, 0) is 0 Å². The molecule has 4 nitrogen and oxygen atoms in total. The van der Waals surface area contributed by atoms with Gasteiger partial charge >= 0.3 is 0 Å². The van der Waals surface area contributed by atoms with Gasteiger partial charge in [0.25, 0.3) is 0 Å². The van der Waals surface area contributed by atoms with Crippen LogP contribution in [0.25, 0.3) is 0 Å². The Bertz CT molecular complexity index is 262. The molecule has 0 aliphatic heterocycles. The number of aromatic nitrogens is 1. The summed E-state index contributed by atoms with van der Waals surface area (Å²) < 4.78 is 0. The lowest BCUT2D eigenvalue weighted by atomic mass is 10.3. The standard InChI is InChI=1S/C7H10N4/c1-5-2-3-6(10-4-5)7(8)11-9/h2-4H,9H2,1H3,(H2,8,11). The molecule has 0 fully saturated rings. The van der Waals surface area contributed by atoms with Crippen LogP contribution in [0.3, 0.4) is 0 Å². The molecule has 0 aliphatic rings. The van der Waals surface area contributed by atoms with Gasteiger partial charge in [-0.3, -0.25) is 4.98 Å². The molecule has 1 heterocycles. The lowest BCUT2D eigenvalue weighted by molar-refractivity contribution is 1.18. The maximum atomic E-state index is 5.41. The van der Waals surface area contributed by atoms with Crippen molar-refractivity contribution in [2.24, 2.45) is 16.7 Å². The number of hydrogen-bond acceptors (Lipinski definition) is 3. The third-order valence-electron chi connectivity index (χ3n) is 1.31. The SMILES string of the molecule is Cc1ccc(/C(N)=N/N)nc1. The predicted octanol–water partition coefficient (Wildman–Crippen LogP) is -0.0310. The minimum atomic E-state index is 0.255. The summed E-state index contributed by atoms with van der Waals surface area (Å²) in [5.41, 5.74) is 7.10. The van der Waals surface area contributed by atoms with Gasteiger partial charge in [-0.1, -0.05) is 6.07 Å². The molecule has 0 saturated carbocycles. The van der Waals surface area contributed by atoms with E-state index < -0.39 is 0 Å². The molecular formula is C7H10N4. The molecule has 4 N–H and O–H groups in total. The minimum Gasteiger partial charge on any atom is -0.380 e. The topological polar surface area (TPSA) is 77.3 Å². The van der Waals surface area contributed by atoms with Gasteiger partial charge in [0.2, 0.25) is 0 Å². The normalized spacial score (nSPS) is 11.5. The van der Waals surface area contributed by atoms with Crippen molar-refractivity contribution >= 4 is 5.84 Å². The number of amidine groups is 1. The van der Waals surface area contributed by atoms with E-state index in [-0.39, 0.29) is 5.84 Å². The summed E-state index contributed by atoms with van der Waals surface area (Å²) in [5, 5.41) is 3.32. The Kier molecular flexibility index (Phi) is 2.06. The molecule has 0 saturated heterocycles. The molecule has 0 atom stereocenters. The highest BCUT2D eigenvalue weighted by molar-refractivity contribution is 5.95. The fourth-order valence-corrected chi connectivity index (χ4v) is 0.685. The van der Waals surface area contributed by atoms with Crippen LogP contribution >= 0.6 is 0 Å². The zero-order chi connectivity index (χ0) is 8.27. The van der Waals surface area contributed by atoms with Gasteiger partial charge in [-0.2, -0.15) is 5.10 Å². The summed E-state index contributed by atoms with van der Waals surface area (Å²) in [4.78, 5) is 4.01. The molecule has 11 heavy (non-hydrogen) atoms. The predicted molar refractivity (Wildman–Crippen MR) is 43.9 cm³/mol. The van der Waals surface area contributed by atoms with Crippen LogP contribution in [0.5, 0.6) is 0 Å². The van der Waals surface area contributed by atoms with E-state index in [0.717, 1.165) is 5.56 Å². The largest absolute Gasteiger partial charge is 0.380 e. The second-order valence-electron chi connectivity index (χ2n) is 2.24. The molecule has 1 rings (SSSR count). The summed E-state index contributed by atoms with van der Waals surface area (Å²) >= 11 is 0. The maximum Gasteiger partial charge on any atom is 0.168 e. The van der Waals surface area contributed by atoms with Crippen LogP contribution in [0, 0.1) is 6.92 Å². The van der Waals surface area contributed by atoms with E-state index in [9.17, 15) is 0 Å². The average Bonchev–Trinajstić information content (AvgIpc) is 2.05. The lowest BCUT2D eigenvalue weighted by Gasteiger charge is -1.96. The van der Waals surface area contributed by atoms with Gasteiger partial charge in [0.05, 0.1) is 0 Å². The number of hydrazone groups is 1. The zero-order valence-electron chi connectivity index (χ0n) is 6.28. The second-order valence-corrected chi connectivity index (χ2v) is 2.24. The molecule has 0 amide bonds. The first-order valence-electron chi connectivity index (χ1n) is 3.20. The van der Waals surface area contributed by atoms with E-state index in [1.165, 1.54) is 0 Å². The maximum absolute atomic E-state index is 5.41. The van der Waals surface area contributed by atoms with Gasteiger partial charge in [-0.25, -0.2) is 0 Å². The van der Waals surface area contributed by atoms with Gasteiger partial charge in [0.1, 0.15) is 5.69 Å². The van der Waals surface area contributed by atoms with Crippen LogP contribution in [0.4, 0.5) is 0 Å². The molecule has 1 aromatic heterocycles. The molecule has 0 unspecified atom stereocenters. The minimum absolute atomic E-state index is 0.255. The van der Waals surface area contributed by atoms with Gasteiger partial charge in [-0.15, -0.1) is 0 Å². The van der Waals surface area contributed by atoms with Gasteiger partial charge in [0.15, 0.2) is 5.84 Å². The number of aryl methyl sites for hydroxylation is 1. The Morgan fingerprint density at radius 1 is 1.55 bits per heavy atom. The van der Waals surface area contributed by atoms with E-state index >= 15 is 0 Å².